The Kier molecular flexibility index (Phi) is 4.43. The highest BCUT2D eigenvalue weighted by atomic mass is 32.2. The quantitative estimate of drug-likeness (QED) is 0.532. The van der Waals surface area contributed by atoms with Crippen LogP contribution in [0.1, 0.15) is 23.0 Å². The largest absolute Gasteiger partial charge is 0.469 e. The van der Waals surface area contributed by atoms with Gasteiger partial charge in [0, 0.05) is 24.8 Å². The summed E-state index contributed by atoms with van der Waals surface area (Å²) in [4.78, 5) is 33.9. The molecule has 3 aliphatic rings. The number of benzene rings is 1. The molecule has 3 aliphatic heterocycles. The van der Waals surface area contributed by atoms with Crippen molar-refractivity contribution in [2.45, 2.75) is 22.7 Å². The van der Waals surface area contributed by atoms with E-state index in [1.165, 1.54) is 11.8 Å². The zero-order chi connectivity index (χ0) is 23.0. The third kappa shape index (κ3) is 2.42. The molecule has 2 fully saturated rings. The van der Waals surface area contributed by atoms with Crippen LogP contribution >= 0.6 is 24.0 Å². The summed E-state index contributed by atoms with van der Waals surface area (Å²) in [7, 11) is 3.67. The van der Waals surface area contributed by atoms with E-state index in [9.17, 15) is 9.59 Å². The highest BCUT2D eigenvalue weighted by Gasteiger charge is 2.79. The molecule has 33 heavy (non-hydrogen) atoms. The van der Waals surface area contributed by atoms with Gasteiger partial charge >= 0.3 is 0 Å². The average molecular weight is 480 g/mol. The second kappa shape index (κ2) is 7.06. The number of hydrogen-bond donors (Lipinski definition) is 0. The Bertz CT molecular complexity index is 1270. The van der Waals surface area contributed by atoms with Crippen LogP contribution in [0, 0.1) is 0 Å². The van der Waals surface area contributed by atoms with Crippen molar-refractivity contribution in [1.82, 2.24) is 9.80 Å². The Morgan fingerprint density at radius 2 is 1.79 bits per heavy atom. The first-order valence-electron chi connectivity index (χ1n) is 10.6. The normalized spacial score (nSPS) is 29.3. The van der Waals surface area contributed by atoms with Gasteiger partial charge < -0.3 is 13.7 Å². The highest BCUT2D eigenvalue weighted by Crippen LogP contribution is 2.66. The van der Waals surface area contributed by atoms with Crippen molar-refractivity contribution in [1.29, 1.82) is 0 Å². The SMILES string of the molecule is CN1C(=O)[C@]2(c3ccccc31)N(C)C[C@H](c1ccco1)[C@@]21SC(=S)N(Cc2ccco2)C1=O. The first kappa shape index (κ1) is 20.7. The van der Waals surface area contributed by atoms with Gasteiger partial charge in [-0.05, 0) is 37.4 Å². The summed E-state index contributed by atoms with van der Waals surface area (Å²) >= 11 is 7.06. The molecule has 0 bridgehead atoms. The Balaban J connectivity index is 1.60. The van der Waals surface area contributed by atoms with Crippen LogP contribution in [-0.4, -0.2) is 51.3 Å². The number of fused-ring (bicyclic) bond motifs is 3. The van der Waals surface area contributed by atoms with Gasteiger partial charge in [-0.1, -0.05) is 42.2 Å². The van der Waals surface area contributed by atoms with Crippen LogP contribution in [0.2, 0.25) is 0 Å². The second-order valence-electron chi connectivity index (χ2n) is 8.61. The van der Waals surface area contributed by atoms with E-state index in [1.54, 1.807) is 35.4 Å². The fraction of sp³-hybridized carbons (Fsp3) is 0.292. The van der Waals surface area contributed by atoms with E-state index in [2.05, 4.69) is 0 Å². The summed E-state index contributed by atoms with van der Waals surface area (Å²) in [5.74, 6) is 0.593. The zero-order valence-corrected chi connectivity index (χ0v) is 19.7. The molecule has 9 heteroatoms. The van der Waals surface area contributed by atoms with Crippen molar-refractivity contribution in [2.24, 2.45) is 0 Å². The van der Waals surface area contributed by atoms with Crippen LogP contribution in [0.5, 0.6) is 0 Å². The fourth-order valence-corrected chi connectivity index (χ4v) is 7.89. The van der Waals surface area contributed by atoms with Crippen molar-refractivity contribution in [3.63, 3.8) is 0 Å². The van der Waals surface area contributed by atoms with Gasteiger partial charge in [0.15, 0.2) is 5.54 Å². The number of furan rings is 2. The Labute approximate surface area is 200 Å². The number of hydrogen-bond acceptors (Lipinski definition) is 7. The molecule has 0 unspecified atom stereocenters. The molecule has 0 aliphatic carbocycles. The number of likely N-dealkylation sites (tertiary alicyclic amines) is 1. The maximum absolute atomic E-state index is 14.5. The van der Waals surface area contributed by atoms with Crippen molar-refractivity contribution in [2.75, 3.05) is 25.5 Å². The Hall–Kier alpha value is -2.88. The molecular weight excluding hydrogens is 458 g/mol. The van der Waals surface area contributed by atoms with Crippen LogP contribution in [0.4, 0.5) is 5.69 Å². The minimum absolute atomic E-state index is 0.135. The maximum Gasteiger partial charge on any atom is 0.254 e. The summed E-state index contributed by atoms with van der Waals surface area (Å²) in [6.07, 6.45) is 3.18. The number of amides is 2. The molecular formula is C24H21N3O4S2. The van der Waals surface area contributed by atoms with Gasteiger partial charge in [0.2, 0.25) is 5.91 Å². The van der Waals surface area contributed by atoms with Crippen LogP contribution in [0.3, 0.4) is 0 Å². The molecule has 2 spiro atoms. The molecule has 2 saturated heterocycles. The van der Waals surface area contributed by atoms with Crippen LogP contribution < -0.4 is 4.90 Å². The summed E-state index contributed by atoms with van der Waals surface area (Å²) in [6.45, 7) is 0.688. The number of thioether (sulfide) groups is 1. The summed E-state index contributed by atoms with van der Waals surface area (Å²) in [5, 5.41) is 0. The maximum atomic E-state index is 14.5. The third-order valence-electron chi connectivity index (χ3n) is 7.14. The standard InChI is InChI=1S/C24H21N3O4S2/c1-25-14-17(19-10-6-12-31-19)24(21(29)27(22(32)33-24)13-15-7-5-11-30-15)23(25)16-8-3-4-9-18(16)26(2)20(23)28/h3-12,17H,13-14H2,1-2H3/t17-,23+,24+/m1/s1. The van der Waals surface area contributed by atoms with Gasteiger partial charge in [-0.3, -0.25) is 19.4 Å². The van der Waals surface area contributed by atoms with Gasteiger partial charge in [0.1, 0.15) is 20.6 Å². The van der Waals surface area contributed by atoms with Gasteiger partial charge in [0.05, 0.1) is 25.0 Å². The molecule has 2 amide bonds. The summed E-state index contributed by atoms with van der Waals surface area (Å²) in [5.41, 5.74) is 0.398. The van der Waals surface area contributed by atoms with Gasteiger partial charge in [-0.2, -0.15) is 0 Å². The van der Waals surface area contributed by atoms with Crippen LogP contribution in [0.15, 0.2) is 69.9 Å². The van der Waals surface area contributed by atoms with Crippen LogP contribution in [0.25, 0.3) is 0 Å². The lowest BCUT2D eigenvalue weighted by Gasteiger charge is -2.41. The molecule has 168 valence electrons. The van der Waals surface area contributed by atoms with Crippen molar-refractivity contribution >= 4 is 45.8 Å². The number of likely N-dealkylation sites (N-methyl/N-ethyl adjacent to an activating group) is 2. The van der Waals surface area contributed by atoms with E-state index < -0.39 is 10.3 Å². The Morgan fingerprint density at radius 3 is 2.52 bits per heavy atom. The molecule has 5 heterocycles. The first-order valence-corrected chi connectivity index (χ1v) is 11.8. The van der Waals surface area contributed by atoms with Gasteiger partial charge in [0.25, 0.3) is 5.91 Å². The minimum atomic E-state index is -1.22. The van der Waals surface area contributed by atoms with Crippen molar-refractivity contribution in [3.05, 3.63) is 78.1 Å². The fourth-order valence-electron chi connectivity index (χ4n) is 5.79. The molecule has 6 rings (SSSR count). The van der Waals surface area contributed by atoms with Gasteiger partial charge in [-0.15, -0.1) is 0 Å². The lowest BCUT2D eigenvalue weighted by molar-refractivity contribution is -0.139. The summed E-state index contributed by atoms with van der Waals surface area (Å²) < 4.78 is 10.6. The predicted molar refractivity (Wildman–Crippen MR) is 128 cm³/mol. The molecule has 3 aromatic rings. The number of nitrogens with zero attached hydrogens (tertiary/aromatic N) is 3. The minimum Gasteiger partial charge on any atom is -0.469 e. The molecule has 0 saturated carbocycles. The average Bonchev–Trinajstić information content (AvgIpc) is 3.62. The van der Waals surface area contributed by atoms with E-state index in [1.807, 2.05) is 54.4 Å². The summed E-state index contributed by atoms with van der Waals surface area (Å²) in [6, 6.07) is 15.0. The lowest BCUT2D eigenvalue weighted by Crippen LogP contribution is -2.62. The van der Waals surface area contributed by atoms with Crippen molar-refractivity contribution < 1.29 is 18.4 Å². The monoisotopic (exact) mass is 479 g/mol. The number of para-hydroxylation sites is 1. The van der Waals surface area contributed by atoms with Crippen molar-refractivity contribution in [3.8, 4) is 0 Å². The predicted octanol–water partition coefficient (Wildman–Crippen LogP) is 3.57. The zero-order valence-electron chi connectivity index (χ0n) is 18.1. The molecule has 2 aromatic heterocycles. The smallest absolute Gasteiger partial charge is 0.254 e. The van der Waals surface area contributed by atoms with Crippen LogP contribution in [-0.2, 0) is 21.7 Å². The van der Waals surface area contributed by atoms with E-state index in [0.29, 0.717) is 22.4 Å². The topological polar surface area (TPSA) is 70.1 Å². The molecule has 0 N–H and O–H groups in total. The molecule has 0 radical (unpaired) electrons. The number of carbonyl (C=O) groups excluding carboxylic acids is 2. The Morgan fingerprint density at radius 1 is 1.03 bits per heavy atom. The van der Waals surface area contributed by atoms with E-state index in [-0.39, 0.29) is 24.3 Å². The number of rotatable bonds is 3. The first-order chi connectivity index (χ1) is 15.9. The number of thiocarbonyl (C=S) groups is 1. The van der Waals surface area contributed by atoms with Gasteiger partial charge in [-0.25, -0.2) is 0 Å². The molecule has 7 nitrogen and oxygen atoms in total. The third-order valence-corrected chi connectivity index (χ3v) is 9.08. The van der Waals surface area contributed by atoms with E-state index >= 15 is 0 Å². The molecule has 3 atom stereocenters. The molecule has 1 aromatic carbocycles. The van der Waals surface area contributed by atoms with E-state index in [4.69, 9.17) is 21.1 Å². The number of anilines is 1. The second-order valence-corrected chi connectivity index (χ2v) is 10.5. The highest BCUT2D eigenvalue weighted by molar-refractivity contribution is 8.25. The lowest BCUT2D eigenvalue weighted by atomic mass is 9.73. The number of carbonyl (C=O) groups is 2. The van der Waals surface area contributed by atoms with E-state index in [0.717, 1.165) is 11.3 Å².